The van der Waals surface area contributed by atoms with Crippen LogP contribution in [0.5, 0.6) is 0 Å². The van der Waals surface area contributed by atoms with E-state index < -0.39 is 17.7 Å². The Balaban J connectivity index is 1.95. The van der Waals surface area contributed by atoms with E-state index in [1.54, 1.807) is 7.11 Å². The van der Waals surface area contributed by atoms with Crippen LogP contribution in [0.3, 0.4) is 0 Å². The van der Waals surface area contributed by atoms with Gasteiger partial charge in [0.25, 0.3) is 0 Å². The minimum atomic E-state index is -0.704. The second kappa shape index (κ2) is 6.82. The predicted molar refractivity (Wildman–Crippen MR) is 71.6 cm³/mol. The molecule has 1 aliphatic heterocycles. The predicted octanol–water partition coefficient (Wildman–Crippen LogP) is 1.26. The number of nitrogens with zero attached hydrogens (tertiary/aromatic N) is 1. The molecule has 1 aromatic carbocycles. The molecule has 1 heterocycles. The van der Waals surface area contributed by atoms with Crippen molar-refractivity contribution in [1.29, 1.82) is 0 Å². The van der Waals surface area contributed by atoms with Crippen LogP contribution < -0.4 is 5.32 Å². The van der Waals surface area contributed by atoms with Crippen LogP contribution in [-0.4, -0.2) is 48.4 Å². The molecule has 0 saturated carbocycles. The van der Waals surface area contributed by atoms with E-state index in [9.17, 15) is 18.7 Å². The Bertz CT molecular complexity index is 513. The van der Waals surface area contributed by atoms with Gasteiger partial charge in [0, 0.05) is 31.8 Å². The van der Waals surface area contributed by atoms with Crippen molar-refractivity contribution >= 4 is 6.03 Å². The highest BCUT2D eigenvalue weighted by molar-refractivity contribution is 5.75. The number of ether oxygens (including phenoxy) is 1. The second-order valence-electron chi connectivity index (χ2n) is 4.98. The number of aliphatic hydroxyl groups excluding tert-OH is 1. The van der Waals surface area contributed by atoms with Gasteiger partial charge in [-0.3, -0.25) is 0 Å². The van der Waals surface area contributed by atoms with Gasteiger partial charge in [-0.2, -0.15) is 0 Å². The van der Waals surface area contributed by atoms with Crippen LogP contribution >= 0.6 is 0 Å². The Morgan fingerprint density at radius 3 is 2.90 bits per heavy atom. The number of rotatable bonds is 4. The van der Waals surface area contributed by atoms with E-state index in [1.807, 2.05) is 0 Å². The van der Waals surface area contributed by atoms with Crippen molar-refractivity contribution in [2.75, 3.05) is 20.3 Å². The van der Waals surface area contributed by atoms with Crippen molar-refractivity contribution < 1.29 is 23.4 Å². The van der Waals surface area contributed by atoms with Crippen molar-refractivity contribution in [3.63, 3.8) is 0 Å². The maximum Gasteiger partial charge on any atom is 0.318 e. The normalized spacial score (nSPS) is 21.6. The number of benzene rings is 1. The molecule has 21 heavy (non-hydrogen) atoms. The fourth-order valence-electron chi connectivity index (χ4n) is 2.40. The number of carbonyl (C=O) groups is 1. The van der Waals surface area contributed by atoms with Gasteiger partial charge in [-0.15, -0.1) is 0 Å². The number of nitrogens with one attached hydrogen (secondary N) is 1. The van der Waals surface area contributed by atoms with Crippen molar-refractivity contribution in [3.05, 3.63) is 35.4 Å². The van der Waals surface area contributed by atoms with E-state index in [0.29, 0.717) is 13.0 Å². The largest absolute Gasteiger partial charge is 0.394 e. The zero-order chi connectivity index (χ0) is 15.4. The molecule has 1 fully saturated rings. The lowest BCUT2D eigenvalue weighted by molar-refractivity contribution is 0.110. The summed E-state index contributed by atoms with van der Waals surface area (Å²) in [6, 6.07) is 2.48. The summed E-state index contributed by atoms with van der Waals surface area (Å²) >= 11 is 0. The minimum Gasteiger partial charge on any atom is -0.394 e. The average Bonchev–Trinajstić information content (AvgIpc) is 2.89. The number of carbonyl (C=O) groups excluding carboxylic acids is 1. The summed E-state index contributed by atoms with van der Waals surface area (Å²) in [6.07, 6.45) is 0.446. The fraction of sp³-hybridized carbons (Fsp3) is 0.500. The number of amides is 2. The first-order chi connectivity index (χ1) is 10.0. The van der Waals surface area contributed by atoms with E-state index in [2.05, 4.69) is 5.32 Å². The Morgan fingerprint density at radius 1 is 1.52 bits per heavy atom. The van der Waals surface area contributed by atoms with Gasteiger partial charge < -0.3 is 20.1 Å². The first kappa shape index (κ1) is 15.7. The number of urea groups is 1. The van der Waals surface area contributed by atoms with Gasteiger partial charge in [0.15, 0.2) is 0 Å². The van der Waals surface area contributed by atoms with Crippen LogP contribution in [0, 0.1) is 11.6 Å². The van der Waals surface area contributed by atoms with E-state index in [-0.39, 0.29) is 30.9 Å². The lowest BCUT2D eigenvalue weighted by Gasteiger charge is -2.23. The quantitative estimate of drug-likeness (QED) is 0.880. The molecule has 7 heteroatoms. The number of halogens is 2. The summed E-state index contributed by atoms with van der Waals surface area (Å²) in [5.74, 6) is -1.37. The molecule has 1 saturated heterocycles. The molecule has 0 bridgehead atoms. The first-order valence-corrected chi connectivity index (χ1v) is 6.67. The Morgan fingerprint density at radius 2 is 2.29 bits per heavy atom. The van der Waals surface area contributed by atoms with Gasteiger partial charge in [-0.1, -0.05) is 6.07 Å². The van der Waals surface area contributed by atoms with Crippen LogP contribution in [-0.2, 0) is 11.3 Å². The van der Waals surface area contributed by atoms with Gasteiger partial charge in [0.2, 0.25) is 0 Å². The molecule has 0 spiro atoms. The molecule has 2 N–H and O–H groups in total. The fourth-order valence-corrected chi connectivity index (χ4v) is 2.40. The summed E-state index contributed by atoms with van der Waals surface area (Å²) < 4.78 is 31.5. The Hall–Kier alpha value is -1.73. The van der Waals surface area contributed by atoms with Gasteiger partial charge in [0.05, 0.1) is 18.8 Å². The first-order valence-electron chi connectivity index (χ1n) is 6.67. The highest BCUT2D eigenvalue weighted by atomic mass is 19.1. The lowest BCUT2D eigenvalue weighted by atomic mass is 10.2. The molecule has 0 aliphatic carbocycles. The monoisotopic (exact) mass is 300 g/mol. The highest BCUT2D eigenvalue weighted by Gasteiger charge is 2.34. The topological polar surface area (TPSA) is 61.8 Å². The van der Waals surface area contributed by atoms with Crippen molar-refractivity contribution in [1.82, 2.24) is 10.2 Å². The number of aliphatic hydroxyl groups is 1. The van der Waals surface area contributed by atoms with Crippen LogP contribution in [0.2, 0.25) is 0 Å². The van der Waals surface area contributed by atoms with E-state index in [4.69, 9.17) is 4.74 Å². The number of methoxy groups -OCH3 is 1. The molecule has 116 valence electrons. The summed E-state index contributed by atoms with van der Waals surface area (Å²) in [7, 11) is 1.55. The number of hydrogen-bond acceptors (Lipinski definition) is 3. The maximum atomic E-state index is 13.5. The molecule has 0 radical (unpaired) electrons. The summed E-state index contributed by atoms with van der Waals surface area (Å²) in [5, 5.41) is 11.8. The molecule has 2 rings (SSSR count). The summed E-state index contributed by atoms with van der Waals surface area (Å²) in [5.41, 5.74) is 0.202. The zero-order valence-electron chi connectivity index (χ0n) is 11.7. The van der Waals surface area contributed by atoms with Crippen LogP contribution in [0.4, 0.5) is 13.6 Å². The summed E-state index contributed by atoms with van der Waals surface area (Å²) in [4.78, 5) is 13.5. The summed E-state index contributed by atoms with van der Waals surface area (Å²) in [6.45, 7) is 0.175. The van der Waals surface area contributed by atoms with Crippen molar-refractivity contribution in [3.8, 4) is 0 Å². The van der Waals surface area contributed by atoms with Gasteiger partial charge in [-0.25, -0.2) is 13.6 Å². The zero-order valence-corrected chi connectivity index (χ0v) is 11.7. The average molecular weight is 300 g/mol. The van der Waals surface area contributed by atoms with E-state index in [1.165, 1.54) is 11.0 Å². The third-order valence-electron chi connectivity index (χ3n) is 3.63. The molecule has 0 aromatic heterocycles. The standard InChI is InChI=1S/C14H18F2N2O3/c1-21-12-5-11(8-19)18(7-12)14(20)17-6-9-2-3-10(15)4-13(9)16/h2-4,11-12,19H,5-8H2,1H3,(H,17,20)/t11-,12+/m0/s1. The number of likely N-dealkylation sites (tertiary alicyclic amines) is 1. The SMILES string of the molecule is CO[C@@H]1C[C@@H](CO)N(C(=O)NCc2ccc(F)cc2F)C1. The molecule has 2 atom stereocenters. The highest BCUT2D eigenvalue weighted by Crippen LogP contribution is 2.19. The second-order valence-corrected chi connectivity index (χ2v) is 4.98. The van der Waals surface area contributed by atoms with Gasteiger partial charge in [-0.05, 0) is 12.5 Å². The van der Waals surface area contributed by atoms with Crippen molar-refractivity contribution in [2.24, 2.45) is 0 Å². The Labute approximate surface area is 121 Å². The molecule has 5 nitrogen and oxygen atoms in total. The third-order valence-corrected chi connectivity index (χ3v) is 3.63. The molecule has 1 aromatic rings. The maximum absolute atomic E-state index is 13.5. The smallest absolute Gasteiger partial charge is 0.318 e. The third kappa shape index (κ3) is 3.68. The van der Waals surface area contributed by atoms with Gasteiger partial charge >= 0.3 is 6.03 Å². The lowest BCUT2D eigenvalue weighted by Crippen LogP contribution is -2.44. The van der Waals surface area contributed by atoms with Crippen LogP contribution in [0.15, 0.2) is 18.2 Å². The minimum absolute atomic E-state index is 0.0444. The van der Waals surface area contributed by atoms with Crippen LogP contribution in [0.1, 0.15) is 12.0 Å². The number of hydrogen-bond donors (Lipinski definition) is 2. The van der Waals surface area contributed by atoms with E-state index in [0.717, 1.165) is 12.1 Å². The molecule has 1 aliphatic rings. The van der Waals surface area contributed by atoms with E-state index >= 15 is 0 Å². The molecule has 0 unspecified atom stereocenters. The molecular weight excluding hydrogens is 282 g/mol. The Kier molecular flexibility index (Phi) is 5.08. The van der Waals surface area contributed by atoms with Crippen LogP contribution in [0.25, 0.3) is 0 Å². The molecular formula is C14H18F2N2O3. The molecule has 2 amide bonds. The van der Waals surface area contributed by atoms with Gasteiger partial charge in [0.1, 0.15) is 11.6 Å². The van der Waals surface area contributed by atoms with Crippen molar-refractivity contribution in [2.45, 2.75) is 25.1 Å².